The molecule has 2 N–H and O–H groups in total. The largest absolute Gasteiger partial charge is 0.355 e. The molecule has 1 fully saturated rings. The second-order valence-electron chi connectivity index (χ2n) is 6.51. The summed E-state index contributed by atoms with van der Waals surface area (Å²) in [4.78, 5) is 14.0. The van der Waals surface area contributed by atoms with Crippen molar-refractivity contribution in [3.05, 3.63) is 66.2 Å². The molecule has 25 heavy (non-hydrogen) atoms. The van der Waals surface area contributed by atoms with E-state index in [-0.39, 0.29) is 11.2 Å². The Bertz CT molecular complexity index is 641. The molecular formula is C21H26N2OS. The van der Waals surface area contributed by atoms with Crippen molar-refractivity contribution in [2.75, 3.05) is 19.6 Å². The number of carbonyl (C=O) groups excluding carboxylic acids is 1. The van der Waals surface area contributed by atoms with Crippen LogP contribution in [0.1, 0.15) is 30.1 Å². The van der Waals surface area contributed by atoms with Crippen molar-refractivity contribution in [2.24, 2.45) is 5.92 Å². The molecule has 0 saturated carbocycles. The van der Waals surface area contributed by atoms with Crippen molar-refractivity contribution in [1.29, 1.82) is 0 Å². The molecule has 3 rings (SSSR count). The molecule has 132 valence electrons. The van der Waals surface area contributed by atoms with Gasteiger partial charge >= 0.3 is 0 Å². The van der Waals surface area contributed by atoms with Gasteiger partial charge in [0.05, 0.1) is 0 Å². The zero-order valence-corrected chi connectivity index (χ0v) is 15.3. The van der Waals surface area contributed by atoms with Crippen LogP contribution in [0.3, 0.4) is 0 Å². The average molecular weight is 355 g/mol. The van der Waals surface area contributed by atoms with Crippen molar-refractivity contribution in [3.8, 4) is 0 Å². The van der Waals surface area contributed by atoms with E-state index in [1.807, 2.05) is 48.5 Å². The van der Waals surface area contributed by atoms with Crippen LogP contribution in [0.5, 0.6) is 0 Å². The minimum atomic E-state index is -0.215. The van der Waals surface area contributed by atoms with Crippen LogP contribution in [0.2, 0.25) is 0 Å². The first-order valence-corrected chi connectivity index (χ1v) is 9.96. The van der Waals surface area contributed by atoms with E-state index in [9.17, 15) is 4.79 Å². The number of amides is 1. The Hall–Kier alpha value is -1.78. The van der Waals surface area contributed by atoms with Crippen molar-refractivity contribution < 1.29 is 4.79 Å². The fourth-order valence-electron chi connectivity index (χ4n) is 3.20. The molecule has 3 nitrogen and oxygen atoms in total. The first kappa shape index (κ1) is 18.0. The van der Waals surface area contributed by atoms with E-state index in [1.54, 1.807) is 11.8 Å². The molecule has 2 atom stereocenters. The van der Waals surface area contributed by atoms with E-state index >= 15 is 0 Å². The van der Waals surface area contributed by atoms with Gasteiger partial charge in [-0.3, -0.25) is 4.79 Å². The van der Waals surface area contributed by atoms with Gasteiger partial charge in [0.15, 0.2) is 0 Å². The molecule has 1 amide bonds. The van der Waals surface area contributed by atoms with Gasteiger partial charge in [-0.15, -0.1) is 11.8 Å². The topological polar surface area (TPSA) is 41.1 Å². The van der Waals surface area contributed by atoms with Gasteiger partial charge in [0.1, 0.15) is 5.25 Å². The summed E-state index contributed by atoms with van der Waals surface area (Å²) < 4.78 is 0. The Morgan fingerprint density at radius 1 is 1.12 bits per heavy atom. The average Bonchev–Trinajstić information content (AvgIpc) is 2.68. The maximum Gasteiger partial charge on any atom is 0.237 e. The molecule has 2 unspecified atom stereocenters. The molecule has 1 aliphatic heterocycles. The zero-order valence-electron chi connectivity index (χ0n) is 14.5. The third kappa shape index (κ3) is 5.62. The second kappa shape index (κ2) is 9.64. The van der Waals surface area contributed by atoms with Crippen LogP contribution in [0, 0.1) is 5.92 Å². The van der Waals surface area contributed by atoms with Gasteiger partial charge in [0.2, 0.25) is 5.91 Å². The fourth-order valence-corrected chi connectivity index (χ4v) is 4.27. The van der Waals surface area contributed by atoms with Gasteiger partial charge in [-0.1, -0.05) is 48.5 Å². The first-order chi connectivity index (χ1) is 12.3. The molecule has 0 radical (unpaired) electrons. The van der Waals surface area contributed by atoms with Gasteiger partial charge in [-0.2, -0.15) is 0 Å². The molecule has 1 heterocycles. The molecule has 0 bridgehead atoms. The lowest BCUT2D eigenvalue weighted by Crippen LogP contribution is -2.34. The molecule has 0 aromatic heterocycles. The third-order valence-electron chi connectivity index (χ3n) is 4.59. The number of hydrogen-bond donors (Lipinski definition) is 2. The summed E-state index contributed by atoms with van der Waals surface area (Å²) >= 11 is 1.61. The number of benzene rings is 2. The Kier molecular flexibility index (Phi) is 6.95. The normalized spacial score (nSPS) is 18.5. The van der Waals surface area contributed by atoms with Crippen molar-refractivity contribution >= 4 is 17.7 Å². The summed E-state index contributed by atoms with van der Waals surface area (Å²) in [5.41, 5.74) is 1.05. The van der Waals surface area contributed by atoms with Crippen LogP contribution >= 0.6 is 11.8 Å². The number of carbonyl (C=O) groups is 1. The number of thioether (sulfide) groups is 1. The van der Waals surface area contributed by atoms with E-state index in [1.165, 1.54) is 12.8 Å². The molecule has 1 aliphatic rings. The summed E-state index contributed by atoms with van der Waals surface area (Å²) in [6, 6.07) is 20.2. The maximum absolute atomic E-state index is 12.8. The highest BCUT2D eigenvalue weighted by Gasteiger charge is 2.22. The number of nitrogens with one attached hydrogen (secondary N) is 2. The Balaban J connectivity index is 1.60. The molecule has 1 saturated heterocycles. The standard InChI is InChI=1S/C21H26N2OS/c24-21(23-15-13-17-8-7-14-22-16-17)20(18-9-3-1-4-10-18)25-19-11-5-2-6-12-19/h1-6,9-12,17,20,22H,7-8,13-16H2,(H,23,24). The van der Waals surface area contributed by atoms with Gasteiger partial charge in [0.25, 0.3) is 0 Å². The van der Waals surface area contributed by atoms with Crippen LogP contribution in [-0.4, -0.2) is 25.5 Å². The van der Waals surface area contributed by atoms with Crippen LogP contribution < -0.4 is 10.6 Å². The van der Waals surface area contributed by atoms with Gasteiger partial charge < -0.3 is 10.6 Å². The molecular weight excluding hydrogens is 328 g/mol. The lowest BCUT2D eigenvalue weighted by molar-refractivity contribution is -0.120. The van der Waals surface area contributed by atoms with Crippen molar-refractivity contribution in [2.45, 2.75) is 29.4 Å². The van der Waals surface area contributed by atoms with Gasteiger partial charge in [0, 0.05) is 11.4 Å². The number of rotatable bonds is 7. The number of hydrogen-bond acceptors (Lipinski definition) is 3. The Labute approximate surface area is 154 Å². The SMILES string of the molecule is O=C(NCCC1CCCNC1)C(Sc1ccccc1)c1ccccc1. The van der Waals surface area contributed by atoms with Gasteiger partial charge in [-0.05, 0) is 56.0 Å². The molecule has 0 spiro atoms. The fraction of sp³-hybridized carbons (Fsp3) is 0.381. The molecule has 2 aromatic rings. The minimum Gasteiger partial charge on any atom is -0.355 e. The highest BCUT2D eigenvalue weighted by atomic mass is 32.2. The van der Waals surface area contributed by atoms with E-state index in [0.29, 0.717) is 5.92 Å². The van der Waals surface area contributed by atoms with Crippen LogP contribution in [0.15, 0.2) is 65.6 Å². The molecule has 0 aliphatic carbocycles. The predicted molar refractivity (Wildman–Crippen MR) is 105 cm³/mol. The van der Waals surface area contributed by atoms with Crippen LogP contribution in [0.4, 0.5) is 0 Å². The summed E-state index contributed by atoms with van der Waals surface area (Å²) in [5, 5.41) is 6.38. The molecule has 4 heteroatoms. The number of piperidine rings is 1. The monoisotopic (exact) mass is 354 g/mol. The van der Waals surface area contributed by atoms with E-state index < -0.39 is 0 Å². The smallest absolute Gasteiger partial charge is 0.237 e. The predicted octanol–water partition coefficient (Wildman–Crippen LogP) is 4.03. The molecule has 2 aromatic carbocycles. The summed E-state index contributed by atoms with van der Waals surface area (Å²) in [6.45, 7) is 2.97. The van der Waals surface area contributed by atoms with Gasteiger partial charge in [-0.25, -0.2) is 0 Å². The van der Waals surface area contributed by atoms with Crippen LogP contribution in [0.25, 0.3) is 0 Å². The highest BCUT2D eigenvalue weighted by molar-refractivity contribution is 8.00. The van der Waals surface area contributed by atoms with Crippen LogP contribution in [-0.2, 0) is 4.79 Å². The maximum atomic E-state index is 12.8. The summed E-state index contributed by atoms with van der Waals surface area (Å²) in [6.07, 6.45) is 3.56. The van der Waals surface area contributed by atoms with E-state index in [0.717, 1.165) is 36.5 Å². The third-order valence-corrected chi connectivity index (χ3v) is 5.85. The van der Waals surface area contributed by atoms with Crippen molar-refractivity contribution in [3.63, 3.8) is 0 Å². The van der Waals surface area contributed by atoms with E-state index in [2.05, 4.69) is 22.8 Å². The quantitative estimate of drug-likeness (QED) is 0.738. The minimum absolute atomic E-state index is 0.101. The lowest BCUT2D eigenvalue weighted by Gasteiger charge is -2.23. The highest BCUT2D eigenvalue weighted by Crippen LogP contribution is 2.35. The van der Waals surface area contributed by atoms with Crippen molar-refractivity contribution in [1.82, 2.24) is 10.6 Å². The zero-order chi connectivity index (χ0) is 17.3. The Morgan fingerprint density at radius 2 is 1.84 bits per heavy atom. The van der Waals surface area contributed by atoms with E-state index in [4.69, 9.17) is 0 Å². The first-order valence-electron chi connectivity index (χ1n) is 9.08. The lowest BCUT2D eigenvalue weighted by atomic mass is 9.96. The Morgan fingerprint density at radius 3 is 2.52 bits per heavy atom. The summed E-state index contributed by atoms with van der Waals surface area (Å²) in [7, 11) is 0. The second-order valence-corrected chi connectivity index (χ2v) is 7.69. The summed E-state index contributed by atoms with van der Waals surface area (Å²) in [5.74, 6) is 0.787.